The van der Waals surface area contributed by atoms with Crippen molar-refractivity contribution in [3.05, 3.63) is 21.4 Å². The zero-order chi connectivity index (χ0) is 13.0. The Kier molecular flexibility index (Phi) is 4.74. The Morgan fingerprint density at radius 2 is 2.33 bits per heavy atom. The van der Waals surface area contributed by atoms with Crippen LogP contribution in [0.3, 0.4) is 0 Å². The number of carbonyl (C=O) groups excluding carboxylic acids is 1. The molecule has 1 amide bonds. The molecule has 1 atom stereocenters. The van der Waals surface area contributed by atoms with Gasteiger partial charge < -0.3 is 15.7 Å². The number of hydrogen-bond donors (Lipinski definition) is 3. The second kappa shape index (κ2) is 6.31. The van der Waals surface area contributed by atoms with E-state index in [2.05, 4.69) is 10.6 Å². The molecule has 1 aromatic rings. The quantitative estimate of drug-likeness (QED) is 0.673. The lowest BCUT2D eigenvalue weighted by atomic mass is 10.2. The van der Waals surface area contributed by atoms with Crippen molar-refractivity contribution in [3.63, 3.8) is 0 Å². The summed E-state index contributed by atoms with van der Waals surface area (Å²) in [5.74, 6) is 0.0215. The van der Waals surface area contributed by atoms with E-state index in [9.17, 15) is 4.79 Å². The minimum atomic E-state index is -0.346. The number of nitrogens with one attached hydrogen (secondary N) is 2. The Bertz CT molecular complexity index is 394. The SMILES string of the molecule is CC(O)CNCCNC(=O)c1cc2c(s1)CCC2. The molecule has 1 unspecified atom stereocenters. The molecule has 1 aliphatic rings. The van der Waals surface area contributed by atoms with Crippen LogP contribution in [0.5, 0.6) is 0 Å². The molecule has 100 valence electrons. The van der Waals surface area contributed by atoms with Crippen LogP contribution in [0.15, 0.2) is 6.07 Å². The fourth-order valence-corrected chi connectivity index (χ4v) is 3.27. The summed E-state index contributed by atoms with van der Waals surface area (Å²) in [6, 6.07) is 2.03. The van der Waals surface area contributed by atoms with Crippen molar-refractivity contribution in [1.29, 1.82) is 0 Å². The maximum atomic E-state index is 11.9. The molecule has 4 nitrogen and oxygen atoms in total. The highest BCUT2D eigenvalue weighted by molar-refractivity contribution is 7.14. The van der Waals surface area contributed by atoms with Crippen molar-refractivity contribution in [3.8, 4) is 0 Å². The lowest BCUT2D eigenvalue weighted by Crippen LogP contribution is -2.34. The van der Waals surface area contributed by atoms with E-state index < -0.39 is 0 Å². The molecule has 1 heterocycles. The van der Waals surface area contributed by atoms with Gasteiger partial charge in [-0.05, 0) is 37.8 Å². The van der Waals surface area contributed by atoms with Crippen molar-refractivity contribution in [2.45, 2.75) is 32.3 Å². The van der Waals surface area contributed by atoms with Gasteiger partial charge in [-0.25, -0.2) is 0 Å². The zero-order valence-electron chi connectivity index (χ0n) is 10.7. The Balaban J connectivity index is 1.71. The second-order valence-corrected chi connectivity index (χ2v) is 5.86. The fourth-order valence-electron chi connectivity index (χ4n) is 2.10. The van der Waals surface area contributed by atoms with Gasteiger partial charge in [0.05, 0.1) is 11.0 Å². The van der Waals surface area contributed by atoms with Gasteiger partial charge in [-0.1, -0.05) is 0 Å². The van der Waals surface area contributed by atoms with Crippen LogP contribution >= 0.6 is 11.3 Å². The van der Waals surface area contributed by atoms with Crippen LogP contribution in [0.4, 0.5) is 0 Å². The van der Waals surface area contributed by atoms with Crippen molar-refractivity contribution < 1.29 is 9.90 Å². The number of hydrogen-bond acceptors (Lipinski definition) is 4. The van der Waals surface area contributed by atoms with Crippen LogP contribution in [0.1, 0.15) is 33.5 Å². The number of aryl methyl sites for hydroxylation is 2. The molecule has 0 saturated carbocycles. The molecule has 0 aliphatic heterocycles. The summed E-state index contributed by atoms with van der Waals surface area (Å²) in [7, 11) is 0. The average Bonchev–Trinajstić information content (AvgIpc) is 2.87. The largest absolute Gasteiger partial charge is 0.392 e. The lowest BCUT2D eigenvalue weighted by Gasteiger charge is -2.07. The van der Waals surface area contributed by atoms with Crippen molar-refractivity contribution in [1.82, 2.24) is 10.6 Å². The highest BCUT2D eigenvalue weighted by atomic mass is 32.1. The smallest absolute Gasteiger partial charge is 0.261 e. The van der Waals surface area contributed by atoms with E-state index in [0.29, 0.717) is 19.6 Å². The molecule has 18 heavy (non-hydrogen) atoms. The van der Waals surface area contributed by atoms with E-state index in [1.165, 1.54) is 16.9 Å². The average molecular weight is 268 g/mol. The Hall–Kier alpha value is -0.910. The molecule has 0 spiro atoms. The third-order valence-electron chi connectivity index (χ3n) is 3.00. The summed E-state index contributed by atoms with van der Waals surface area (Å²) in [6.45, 7) is 3.57. The van der Waals surface area contributed by atoms with Crippen LogP contribution in [-0.4, -0.2) is 36.8 Å². The highest BCUT2D eigenvalue weighted by Crippen LogP contribution is 2.30. The lowest BCUT2D eigenvalue weighted by molar-refractivity contribution is 0.0957. The number of amides is 1. The van der Waals surface area contributed by atoms with Gasteiger partial charge in [0, 0.05) is 24.5 Å². The van der Waals surface area contributed by atoms with Gasteiger partial charge in [0.25, 0.3) is 5.91 Å². The van der Waals surface area contributed by atoms with E-state index >= 15 is 0 Å². The summed E-state index contributed by atoms with van der Waals surface area (Å²) in [5, 5.41) is 15.0. The van der Waals surface area contributed by atoms with Crippen LogP contribution in [0.2, 0.25) is 0 Å². The van der Waals surface area contributed by atoms with Gasteiger partial charge in [-0.15, -0.1) is 11.3 Å². The van der Waals surface area contributed by atoms with E-state index in [1.807, 2.05) is 6.07 Å². The molecule has 1 aromatic heterocycles. The number of rotatable bonds is 6. The van der Waals surface area contributed by atoms with E-state index in [-0.39, 0.29) is 12.0 Å². The maximum Gasteiger partial charge on any atom is 0.261 e. The van der Waals surface area contributed by atoms with Gasteiger partial charge in [0.1, 0.15) is 0 Å². The first kappa shape index (κ1) is 13.5. The van der Waals surface area contributed by atoms with Gasteiger partial charge in [-0.3, -0.25) is 4.79 Å². The number of aliphatic hydroxyl groups excluding tert-OH is 1. The predicted octanol–water partition coefficient (Wildman–Crippen LogP) is 0.937. The van der Waals surface area contributed by atoms with Gasteiger partial charge in [0.2, 0.25) is 0 Å². The zero-order valence-corrected chi connectivity index (χ0v) is 11.5. The molecule has 0 fully saturated rings. The maximum absolute atomic E-state index is 11.9. The van der Waals surface area contributed by atoms with Crippen LogP contribution in [0.25, 0.3) is 0 Å². The summed E-state index contributed by atoms with van der Waals surface area (Å²) < 4.78 is 0. The molecular weight excluding hydrogens is 248 g/mol. The molecule has 2 rings (SSSR count). The second-order valence-electron chi connectivity index (χ2n) is 4.72. The minimum Gasteiger partial charge on any atom is -0.392 e. The first-order valence-electron chi connectivity index (χ1n) is 6.45. The third-order valence-corrected chi connectivity index (χ3v) is 4.23. The Morgan fingerprint density at radius 3 is 3.06 bits per heavy atom. The topological polar surface area (TPSA) is 61.4 Å². The van der Waals surface area contributed by atoms with Gasteiger partial charge in [-0.2, -0.15) is 0 Å². The van der Waals surface area contributed by atoms with E-state index in [1.54, 1.807) is 18.3 Å². The Labute approximate surface area is 111 Å². The summed E-state index contributed by atoms with van der Waals surface area (Å²) in [4.78, 5) is 14.1. The molecule has 0 radical (unpaired) electrons. The van der Waals surface area contributed by atoms with Gasteiger partial charge >= 0.3 is 0 Å². The molecule has 0 bridgehead atoms. The van der Waals surface area contributed by atoms with Gasteiger partial charge in [0.15, 0.2) is 0 Å². The number of fused-ring (bicyclic) bond motifs is 1. The standard InChI is InChI=1S/C13H20N2O2S/c1-9(16)8-14-5-6-15-13(17)12-7-10-3-2-4-11(10)18-12/h7,9,14,16H,2-6,8H2,1H3,(H,15,17). The fraction of sp³-hybridized carbons (Fsp3) is 0.615. The molecule has 1 aliphatic carbocycles. The summed E-state index contributed by atoms with van der Waals surface area (Å²) in [5.41, 5.74) is 1.36. The predicted molar refractivity (Wildman–Crippen MR) is 73.2 cm³/mol. The molecular formula is C13H20N2O2S. The number of aliphatic hydroxyl groups is 1. The molecule has 0 aromatic carbocycles. The van der Waals surface area contributed by atoms with Crippen molar-refractivity contribution in [2.24, 2.45) is 0 Å². The van der Waals surface area contributed by atoms with E-state index in [4.69, 9.17) is 5.11 Å². The van der Waals surface area contributed by atoms with Crippen LogP contribution < -0.4 is 10.6 Å². The van der Waals surface area contributed by atoms with Crippen LogP contribution in [0, 0.1) is 0 Å². The minimum absolute atomic E-state index is 0.0215. The number of carbonyl (C=O) groups is 1. The summed E-state index contributed by atoms with van der Waals surface area (Å²) >= 11 is 1.63. The normalized spacial score (nSPS) is 15.4. The molecule has 0 saturated heterocycles. The highest BCUT2D eigenvalue weighted by Gasteiger charge is 2.17. The molecule has 5 heteroatoms. The monoisotopic (exact) mass is 268 g/mol. The third kappa shape index (κ3) is 3.54. The first-order chi connectivity index (χ1) is 8.66. The Morgan fingerprint density at radius 1 is 1.50 bits per heavy atom. The first-order valence-corrected chi connectivity index (χ1v) is 7.27. The van der Waals surface area contributed by atoms with Crippen LogP contribution in [-0.2, 0) is 12.8 Å². The van der Waals surface area contributed by atoms with Crippen molar-refractivity contribution >= 4 is 17.2 Å². The molecule has 3 N–H and O–H groups in total. The summed E-state index contributed by atoms with van der Waals surface area (Å²) in [6.07, 6.45) is 3.13. The van der Waals surface area contributed by atoms with Crippen molar-refractivity contribution in [2.75, 3.05) is 19.6 Å². The number of thiophene rings is 1. The van der Waals surface area contributed by atoms with E-state index in [0.717, 1.165) is 17.7 Å².